The predicted octanol–water partition coefficient (Wildman–Crippen LogP) is 3.74. The summed E-state index contributed by atoms with van der Waals surface area (Å²) in [7, 11) is 1.32. The Morgan fingerprint density at radius 1 is 1.12 bits per heavy atom. The monoisotopic (exact) mass is 343 g/mol. The second kappa shape index (κ2) is 8.45. The Morgan fingerprint density at radius 2 is 1.83 bits per heavy atom. The summed E-state index contributed by atoms with van der Waals surface area (Å²) in [6, 6.07) is 13.4. The van der Waals surface area contributed by atoms with Crippen LogP contribution in [0.15, 0.2) is 48.5 Å². The lowest BCUT2D eigenvalue weighted by Gasteiger charge is -2.18. The number of hydrogen-bond donors (Lipinski definition) is 1. The Kier molecular flexibility index (Phi) is 6.32. The van der Waals surface area contributed by atoms with Gasteiger partial charge in [-0.15, -0.1) is 11.3 Å². The predicted molar refractivity (Wildman–Crippen MR) is 97.6 cm³/mol. The fraction of sp³-hybridized carbons (Fsp3) is 0.263. The van der Waals surface area contributed by atoms with E-state index in [0.29, 0.717) is 0 Å². The van der Waals surface area contributed by atoms with Crippen molar-refractivity contribution in [1.29, 1.82) is 0 Å². The molecule has 126 valence electrons. The average molecular weight is 343 g/mol. The highest BCUT2D eigenvalue weighted by atomic mass is 32.1. The number of hydrogen-bond acceptors (Lipinski definition) is 4. The molecule has 1 unspecified atom stereocenters. The molecule has 4 nitrogen and oxygen atoms in total. The van der Waals surface area contributed by atoms with Crippen LogP contribution < -0.4 is 5.32 Å². The van der Waals surface area contributed by atoms with E-state index < -0.39 is 12.0 Å². The molecule has 1 heterocycles. The second-order valence-corrected chi connectivity index (χ2v) is 6.77. The van der Waals surface area contributed by atoms with Crippen LogP contribution in [0.3, 0.4) is 0 Å². The van der Waals surface area contributed by atoms with E-state index in [4.69, 9.17) is 4.74 Å². The van der Waals surface area contributed by atoms with Gasteiger partial charge in [-0.25, -0.2) is 4.79 Å². The molecule has 0 bridgehead atoms. The summed E-state index contributed by atoms with van der Waals surface area (Å²) >= 11 is 1.61. The Bertz CT molecular complexity index is 719. The van der Waals surface area contributed by atoms with Gasteiger partial charge in [0.15, 0.2) is 0 Å². The van der Waals surface area contributed by atoms with Gasteiger partial charge in [-0.3, -0.25) is 4.79 Å². The number of benzene rings is 1. The molecule has 0 saturated heterocycles. The van der Waals surface area contributed by atoms with E-state index in [0.717, 1.165) is 15.3 Å². The normalized spacial score (nSPS) is 12.3. The summed E-state index contributed by atoms with van der Waals surface area (Å²) in [4.78, 5) is 25.8. The fourth-order valence-corrected chi connectivity index (χ4v) is 3.10. The fourth-order valence-electron chi connectivity index (χ4n) is 2.18. The molecule has 0 aliphatic heterocycles. The molecule has 1 aromatic carbocycles. The maximum Gasteiger partial charge on any atom is 0.328 e. The number of ether oxygens (including phenoxy) is 1. The van der Waals surface area contributed by atoms with E-state index in [-0.39, 0.29) is 11.8 Å². The maximum absolute atomic E-state index is 12.0. The lowest BCUT2D eigenvalue weighted by atomic mass is 10.0. The van der Waals surface area contributed by atoms with Crippen LogP contribution in [0.5, 0.6) is 0 Å². The van der Waals surface area contributed by atoms with E-state index in [1.165, 1.54) is 13.2 Å². The molecule has 5 heteroatoms. The molecule has 0 aliphatic rings. The van der Waals surface area contributed by atoms with Crippen LogP contribution in [0.4, 0.5) is 0 Å². The van der Waals surface area contributed by atoms with Gasteiger partial charge in [-0.1, -0.05) is 44.2 Å². The van der Waals surface area contributed by atoms with Crippen LogP contribution in [-0.4, -0.2) is 25.0 Å². The molecule has 0 fully saturated rings. The van der Waals surface area contributed by atoms with Crippen molar-refractivity contribution in [3.05, 3.63) is 53.4 Å². The molecule has 1 aromatic heterocycles. The molecule has 0 aliphatic carbocycles. The topological polar surface area (TPSA) is 55.4 Å². The Labute approximate surface area is 146 Å². The summed E-state index contributed by atoms with van der Waals surface area (Å²) < 4.78 is 4.71. The van der Waals surface area contributed by atoms with Gasteiger partial charge in [0.2, 0.25) is 5.91 Å². The number of carbonyl (C=O) groups excluding carboxylic acids is 2. The van der Waals surface area contributed by atoms with Crippen molar-refractivity contribution in [3.63, 3.8) is 0 Å². The summed E-state index contributed by atoms with van der Waals surface area (Å²) in [6.45, 7) is 3.72. The van der Waals surface area contributed by atoms with Gasteiger partial charge in [-0.05, 0) is 29.7 Å². The van der Waals surface area contributed by atoms with E-state index in [1.54, 1.807) is 17.4 Å². The van der Waals surface area contributed by atoms with E-state index >= 15 is 0 Å². The third-order valence-corrected chi connectivity index (χ3v) is 4.60. The van der Waals surface area contributed by atoms with Gasteiger partial charge in [0.25, 0.3) is 0 Å². The molecule has 0 saturated carbocycles. The standard InChI is InChI=1S/C19H21NO3S/c1-13(2)18(19(22)23-3)20-17(21)12-10-15-9-11-16(24-15)14-7-5-4-6-8-14/h4-13,18H,1-3H3,(H,20,21)/b12-10+. The number of rotatable bonds is 6. The van der Waals surface area contributed by atoms with Crippen molar-refractivity contribution in [2.45, 2.75) is 19.9 Å². The second-order valence-electron chi connectivity index (χ2n) is 5.65. The molecular weight excluding hydrogens is 322 g/mol. The third kappa shape index (κ3) is 4.80. The van der Waals surface area contributed by atoms with Crippen LogP contribution in [-0.2, 0) is 14.3 Å². The minimum absolute atomic E-state index is 0.0405. The summed E-state index contributed by atoms with van der Waals surface area (Å²) in [5, 5.41) is 2.68. The zero-order valence-corrected chi connectivity index (χ0v) is 14.8. The average Bonchev–Trinajstić information content (AvgIpc) is 3.06. The number of carbonyl (C=O) groups is 2. The Balaban J connectivity index is 2.01. The number of nitrogens with one attached hydrogen (secondary N) is 1. The molecule has 1 amide bonds. The first kappa shape index (κ1) is 17.9. The Hall–Kier alpha value is -2.40. The maximum atomic E-state index is 12.0. The van der Waals surface area contributed by atoms with Crippen molar-refractivity contribution in [1.82, 2.24) is 5.32 Å². The quantitative estimate of drug-likeness (QED) is 0.642. The number of esters is 1. The van der Waals surface area contributed by atoms with Crippen molar-refractivity contribution >= 4 is 29.3 Å². The molecule has 24 heavy (non-hydrogen) atoms. The SMILES string of the molecule is COC(=O)C(NC(=O)/C=C/c1ccc(-c2ccccc2)s1)C(C)C. The van der Waals surface area contributed by atoms with E-state index in [1.807, 2.05) is 44.2 Å². The summed E-state index contributed by atoms with van der Waals surface area (Å²) in [5.74, 6) is -0.788. The molecule has 0 spiro atoms. The highest BCUT2D eigenvalue weighted by molar-refractivity contribution is 7.16. The minimum Gasteiger partial charge on any atom is -0.467 e. The minimum atomic E-state index is -0.643. The molecule has 1 atom stereocenters. The van der Waals surface area contributed by atoms with Crippen LogP contribution >= 0.6 is 11.3 Å². The number of thiophene rings is 1. The van der Waals surface area contributed by atoms with Gasteiger partial charge >= 0.3 is 5.97 Å². The van der Waals surface area contributed by atoms with Crippen molar-refractivity contribution < 1.29 is 14.3 Å². The largest absolute Gasteiger partial charge is 0.467 e. The third-order valence-electron chi connectivity index (χ3n) is 3.50. The first-order valence-corrected chi connectivity index (χ1v) is 8.54. The first-order chi connectivity index (χ1) is 11.5. The van der Waals surface area contributed by atoms with Crippen molar-refractivity contribution in [2.75, 3.05) is 7.11 Å². The van der Waals surface area contributed by atoms with Crippen molar-refractivity contribution in [3.8, 4) is 10.4 Å². The van der Waals surface area contributed by atoms with Crippen LogP contribution in [0.1, 0.15) is 18.7 Å². The smallest absolute Gasteiger partial charge is 0.328 e. The van der Waals surface area contributed by atoms with Gasteiger partial charge in [0, 0.05) is 15.8 Å². The molecule has 1 N–H and O–H groups in total. The molecule has 0 radical (unpaired) electrons. The molecule has 2 rings (SSSR count). The van der Waals surface area contributed by atoms with E-state index in [2.05, 4.69) is 17.4 Å². The zero-order valence-electron chi connectivity index (χ0n) is 14.0. The van der Waals surface area contributed by atoms with Crippen LogP contribution in [0.25, 0.3) is 16.5 Å². The Morgan fingerprint density at radius 3 is 2.46 bits per heavy atom. The van der Waals surface area contributed by atoms with Crippen LogP contribution in [0.2, 0.25) is 0 Å². The summed E-state index contributed by atoms with van der Waals surface area (Å²) in [6.07, 6.45) is 3.19. The van der Waals surface area contributed by atoms with Gasteiger partial charge < -0.3 is 10.1 Å². The molecular formula is C19H21NO3S. The lowest BCUT2D eigenvalue weighted by Crippen LogP contribution is -2.44. The molecule has 2 aromatic rings. The highest BCUT2D eigenvalue weighted by Crippen LogP contribution is 2.28. The van der Waals surface area contributed by atoms with Gasteiger partial charge in [-0.2, -0.15) is 0 Å². The summed E-state index contributed by atoms with van der Waals surface area (Å²) in [5.41, 5.74) is 1.15. The lowest BCUT2D eigenvalue weighted by molar-refractivity contribution is -0.145. The van der Waals surface area contributed by atoms with Gasteiger partial charge in [0.05, 0.1) is 7.11 Å². The van der Waals surface area contributed by atoms with E-state index in [9.17, 15) is 9.59 Å². The van der Waals surface area contributed by atoms with Crippen molar-refractivity contribution in [2.24, 2.45) is 5.92 Å². The highest BCUT2D eigenvalue weighted by Gasteiger charge is 2.23. The number of amides is 1. The van der Waals surface area contributed by atoms with Crippen LogP contribution in [0, 0.1) is 5.92 Å². The van der Waals surface area contributed by atoms with Gasteiger partial charge in [0.1, 0.15) is 6.04 Å². The zero-order chi connectivity index (χ0) is 17.5. The number of methoxy groups -OCH3 is 1. The first-order valence-electron chi connectivity index (χ1n) is 7.73.